The van der Waals surface area contributed by atoms with E-state index in [1.165, 1.54) is 0 Å². The topological polar surface area (TPSA) is 68.0 Å². The molecule has 0 fully saturated rings. The molecule has 3 heterocycles. The molecule has 5 nitrogen and oxygen atoms in total. The maximum absolute atomic E-state index is 11.9. The maximum atomic E-state index is 11.9. The lowest BCUT2D eigenvalue weighted by molar-refractivity contribution is 0.0998. The van der Waals surface area contributed by atoms with Crippen LogP contribution >= 0.6 is 0 Å². The van der Waals surface area contributed by atoms with Gasteiger partial charge in [0.15, 0.2) is 11.3 Å². The lowest BCUT2D eigenvalue weighted by atomic mass is 10.3. The molecular formula is C13H9N3O2. The van der Waals surface area contributed by atoms with Gasteiger partial charge in [-0.2, -0.15) is 0 Å². The van der Waals surface area contributed by atoms with E-state index in [4.69, 9.17) is 4.42 Å². The average Bonchev–Trinajstić information content (AvgIpc) is 2.84. The minimum atomic E-state index is -0.319. The second kappa shape index (κ2) is 4.29. The molecule has 5 heteroatoms. The third-order valence-electron chi connectivity index (χ3n) is 2.43. The van der Waals surface area contributed by atoms with E-state index in [-0.39, 0.29) is 11.7 Å². The van der Waals surface area contributed by atoms with Crippen LogP contribution in [0.3, 0.4) is 0 Å². The van der Waals surface area contributed by atoms with Crippen LogP contribution in [-0.2, 0) is 0 Å². The van der Waals surface area contributed by atoms with E-state index < -0.39 is 0 Å². The smallest absolute Gasteiger partial charge is 0.291 e. The zero-order valence-electron chi connectivity index (χ0n) is 9.33. The Balaban J connectivity index is 1.88. The Hall–Kier alpha value is -2.69. The highest BCUT2D eigenvalue weighted by molar-refractivity contribution is 6.04. The fourth-order valence-electron chi connectivity index (χ4n) is 1.61. The molecule has 88 valence electrons. The number of hydrogen-bond donors (Lipinski definition) is 1. The van der Waals surface area contributed by atoms with Crippen molar-refractivity contribution >= 4 is 22.7 Å². The number of carbonyl (C=O) groups excluding carboxylic acids is 1. The molecule has 0 spiro atoms. The molecule has 0 unspecified atom stereocenters. The summed E-state index contributed by atoms with van der Waals surface area (Å²) in [6.07, 6.45) is 4.86. The Morgan fingerprint density at radius 1 is 1.22 bits per heavy atom. The number of furan rings is 1. The van der Waals surface area contributed by atoms with E-state index in [0.29, 0.717) is 16.8 Å². The molecule has 0 aromatic carbocycles. The number of hydrogen-bond acceptors (Lipinski definition) is 4. The van der Waals surface area contributed by atoms with Crippen molar-refractivity contribution < 1.29 is 9.21 Å². The number of pyridine rings is 2. The number of carbonyl (C=O) groups is 1. The minimum absolute atomic E-state index is 0.229. The van der Waals surface area contributed by atoms with E-state index in [1.807, 2.05) is 0 Å². The third kappa shape index (κ3) is 1.93. The first kappa shape index (κ1) is 10.5. The highest BCUT2D eigenvalue weighted by Gasteiger charge is 2.12. The quantitative estimate of drug-likeness (QED) is 0.745. The van der Waals surface area contributed by atoms with Gasteiger partial charge < -0.3 is 9.73 Å². The lowest BCUT2D eigenvalue weighted by Gasteiger charge is -2.00. The monoisotopic (exact) mass is 239 g/mol. The number of fused-ring (bicyclic) bond motifs is 1. The first-order chi connectivity index (χ1) is 8.83. The molecule has 3 rings (SSSR count). The Bertz CT molecular complexity index is 659. The maximum Gasteiger partial charge on any atom is 0.291 e. The van der Waals surface area contributed by atoms with E-state index >= 15 is 0 Å². The number of aromatic nitrogens is 2. The van der Waals surface area contributed by atoms with Gasteiger partial charge in [-0.15, -0.1) is 0 Å². The first-order valence-electron chi connectivity index (χ1n) is 5.39. The van der Waals surface area contributed by atoms with Crippen LogP contribution in [0.1, 0.15) is 10.6 Å². The predicted octanol–water partition coefficient (Wildman–Crippen LogP) is 2.48. The fraction of sp³-hybridized carbons (Fsp3) is 0. The number of nitrogens with zero attached hydrogens (tertiary/aromatic N) is 2. The fourth-order valence-corrected chi connectivity index (χ4v) is 1.61. The number of nitrogens with one attached hydrogen (secondary N) is 1. The van der Waals surface area contributed by atoms with Crippen molar-refractivity contribution in [3.05, 3.63) is 54.7 Å². The van der Waals surface area contributed by atoms with E-state index in [2.05, 4.69) is 15.3 Å². The molecule has 1 amide bonds. The Morgan fingerprint density at radius 3 is 2.89 bits per heavy atom. The van der Waals surface area contributed by atoms with Crippen LogP contribution < -0.4 is 5.32 Å². The second-order valence-electron chi connectivity index (χ2n) is 3.69. The van der Waals surface area contributed by atoms with Crippen molar-refractivity contribution in [2.75, 3.05) is 5.32 Å². The second-order valence-corrected chi connectivity index (χ2v) is 3.69. The van der Waals surface area contributed by atoms with Crippen molar-refractivity contribution in [3.8, 4) is 0 Å². The normalized spacial score (nSPS) is 10.4. The van der Waals surface area contributed by atoms with Gasteiger partial charge >= 0.3 is 0 Å². The zero-order valence-corrected chi connectivity index (χ0v) is 9.33. The molecular weight excluding hydrogens is 230 g/mol. The van der Waals surface area contributed by atoms with Gasteiger partial charge in [-0.3, -0.25) is 14.8 Å². The van der Waals surface area contributed by atoms with Crippen molar-refractivity contribution in [2.45, 2.75) is 0 Å². The SMILES string of the molecule is O=C(Nc1cccnc1)c1cc2ncccc2o1. The first-order valence-corrected chi connectivity index (χ1v) is 5.39. The minimum Gasteiger partial charge on any atom is -0.449 e. The molecule has 0 bridgehead atoms. The van der Waals surface area contributed by atoms with Gasteiger partial charge in [0.2, 0.25) is 0 Å². The lowest BCUT2D eigenvalue weighted by Crippen LogP contribution is -2.10. The summed E-state index contributed by atoms with van der Waals surface area (Å²) in [4.78, 5) is 19.9. The van der Waals surface area contributed by atoms with Gasteiger partial charge in [0, 0.05) is 18.5 Å². The molecule has 0 saturated heterocycles. The van der Waals surface area contributed by atoms with E-state index in [1.54, 1.807) is 48.9 Å². The Morgan fingerprint density at radius 2 is 2.11 bits per heavy atom. The van der Waals surface area contributed by atoms with Gasteiger partial charge in [0.05, 0.1) is 11.9 Å². The number of rotatable bonds is 2. The number of amides is 1. The highest BCUT2D eigenvalue weighted by atomic mass is 16.3. The predicted molar refractivity (Wildman–Crippen MR) is 66.2 cm³/mol. The summed E-state index contributed by atoms with van der Waals surface area (Å²) in [6, 6.07) is 8.64. The molecule has 3 aromatic heterocycles. The molecule has 3 aromatic rings. The largest absolute Gasteiger partial charge is 0.449 e. The zero-order chi connectivity index (χ0) is 12.4. The molecule has 0 radical (unpaired) electrons. The summed E-state index contributed by atoms with van der Waals surface area (Å²) >= 11 is 0. The highest BCUT2D eigenvalue weighted by Crippen LogP contribution is 2.17. The van der Waals surface area contributed by atoms with Crippen LogP contribution in [-0.4, -0.2) is 15.9 Å². The summed E-state index contributed by atoms with van der Waals surface area (Å²) in [7, 11) is 0. The Kier molecular flexibility index (Phi) is 2.49. The molecule has 0 saturated carbocycles. The summed E-state index contributed by atoms with van der Waals surface area (Å²) in [6.45, 7) is 0. The molecule has 18 heavy (non-hydrogen) atoms. The molecule has 1 N–H and O–H groups in total. The molecule has 0 aliphatic carbocycles. The number of anilines is 1. The average molecular weight is 239 g/mol. The van der Waals surface area contributed by atoms with Crippen LogP contribution in [0.4, 0.5) is 5.69 Å². The van der Waals surface area contributed by atoms with Crippen LogP contribution in [0.2, 0.25) is 0 Å². The molecule has 0 aliphatic rings. The van der Waals surface area contributed by atoms with Crippen LogP contribution in [0, 0.1) is 0 Å². The van der Waals surface area contributed by atoms with Gasteiger partial charge in [-0.25, -0.2) is 0 Å². The summed E-state index contributed by atoms with van der Waals surface area (Å²) in [5.74, 6) is -0.0893. The van der Waals surface area contributed by atoms with Crippen molar-refractivity contribution in [1.82, 2.24) is 9.97 Å². The van der Waals surface area contributed by atoms with Gasteiger partial charge in [0.1, 0.15) is 5.52 Å². The summed E-state index contributed by atoms with van der Waals surface area (Å²) in [5, 5.41) is 2.70. The van der Waals surface area contributed by atoms with Gasteiger partial charge in [0.25, 0.3) is 5.91 Å². The van der Waals surface area contributed by atoms with E-state index in [9.17, 15) is 4.79 Å². The third-order valence-corrected chi connectivity index (χ3v) is 2.43. The van der Waals surface area contributed by atoms with Crippen molar-refractivity contribution in [3.63, 3.8) is 0 Å². The van der Waals surface area contributed by atoms with Gasteiger partial charge in [-0.1, -0.05) is 0 Å². The summed E-state index contributed by atoms with van der Waals surface area (Å²) < 4.78 is 5.41. The van der Waals surface area contributed by atoms with Gasteiger partial charge in [-0.05, 0) is 24.3 Å². The van der Waals surface area contributed by atoms with Crippen molar-refractivity contribution in [2.24, 2.45) is 0 Å². The molecule has 0 aliphatic heterocycles. The Labute approximate surface area is 102 Å². The van der Waals surface area contributed by atoms with E-state index in [0.717, 1.165) is 0 Å². The molecule has 0 atom stereocenters. The van der Waals surface area contributed by atoms with Crippen LogP contribution in [0.15, 0.2) is 53.3 Å². The van der Waals surface area contributed by atoms with Crippen LogP contribution in [0.25, 0.3) is 11.1 Å². The van der Waals surface area contributed by atoms with Crippen LogP contribution in [0.5, 0.6) is 0 Å². The van der Waals surface area contributed by atoms with Crippen molar-refractivity contribution in [1.29, 1.82) is 0 Å². The summed E-state index contributed by atoms with van der Waals surface area (Å²) in [5.41, 5.74) is 1.87. The standard InChI is InChI=1S/C13H9N3O2/c17-13(16-9-3-1-5-14-8-9)12-7-10-11(18-12)4-2-6-15-10/h1-8H,(H,16,17).